The molecule has 1 heterocycles. The van der Waals surface area contributed by atoms with Crippen LogP contribution in [0.2, 0.25) is 0 Å². The quantitative estimate of drug-likeness (QED) is 0.536. The van der Waals surface area contributed by atoms with E-state index < -0.39 is 0 Å². The fourth-order valence-corrected chi connectivity index (χ4v) is 1.07. The minimum Gasteiger partial charge on any atom is -0.469 e. The van der Waals surface area contributed by atoms with Crippen LogP contribution in [0.3, 0.4) is 0 Å². The number of carbonyl (C=O) groups is 1. The third-order valence-corrected chi connectivity index (χ3v) is 1.65. The van der Waals surface area contributed by atoms with Crippen molar-refractivity contribution < 1.29 is 14.3 Å². The normalized spacial score (nSPS) is 24.7. The van der Waals surface area contributed by atoms with Crippen molar-refractivity contribution in [3.8, 4) is 0 Å². The van der Waals surface area contributed by atoms with Crippen LogP contribution in [-0.2, 0) is 14.3 Å². The fourth-order valence-electron chi connectivity index (χ4n) is 1.07. The van der Waals surface area contributed by atoms with Crippen molar-refractivity contribution >= 4 is 5.97 Å². The Morgan fingerprint density at radius 1 is 1.80 bits per heavy atom. The van der Waals surface area contributed by atoms with Gasteiger partial charge in [-0.1, -0.05) is 0 Å². The van der Waals surface area contributed by atoms with E-state index in [2.05, 4.69) is 4.74 Å². The van der Waals surface area contributed by atoms with Gasteiger partial charge in [0.25, 0.3) is 0 Å². The van der Waals surface area contributed by atoms with Gasteiger partial charge in [-0.05, 0) is 12.8 Å². The van der Waals surface area contributed by atoms with E-state index in [0.29, 0.717) is 6.42 Å². The standard InChI is InChI=1S/C7H12O3/c1-9-7(8)5-6-3-2-4-10-6/h6H,2-5H2,1H3/t6-/m1/s1. The lowest BCUT2D eigenvalue weighted by Crippen LogP contribution is -2.13. The molecule has 0 N–H and O–H groups in total. The molecule has 1 fully saturated rings. The maximum absolute atomic E-state index is 10.7. The molecule has 1 aliphatic heterocycles. The van der Waals surface area contributed by atoms with Crippen LogP contribution in [0.4, 0.5) is 0 Å². The summed E-state index contributed by atoms with van der Waals surface area (Å²) in [5.74, 6) is -0.174. The molecule has 1 rings (SSSR count). The summed E-state index contributed by atoms with van der Waals surface area (Å²) in [5.41, 5.74) is 0. The van der Waals surface area contributed by atoms with Crippen LogP contribution in [0.1, 0.15) is 19.3 Å². The number of hydrogen-bond donors (Lipinski definition) is 0. The van der Waals surface area contributed by atoms with Crippen molar-refractivity contribution in [2.24, 2.45) is 0 Å². The first-order valence-electron chi connectivity index (χ1n) is 3.51. The van der Waals surface area contributed by atoms with Crippen LogP contribution in [0.15, 0.2) is 0 Å². The Hall–Kier alpha value is -0.570. The first kappa shape index (κ1) is 7.54. The van der Waals surface area contributed by atoms with Gasteiger partial charge in [-0.2, -0.15) is 0 Å². The largest absolute Gasteiger partial charge is 0.469 e. The number of esters is 1. The molecule has 1 aliphatic rings. The molecule has 0 radical (unpaired) electrons. The average molecular weight is 144 g/mol. The molecule has 3 heteroatoms. The number of methoxy groups -OCH3 is 1. The van der Waals surface area contributed by atoms with Crippen molar-refractivity contribution in [2.45, 2.75) is 25.4 Å². The van der Waals surface area contributed by atoms with Gasteiger partial charge in [0.1, 0.15) is 0 Å². The molecular weight excluding hydrogens is 132 g/mol. The lowest BCUT2D eigenvalue weighted by Gasteiger charge is -2.05. The van der Waals surface area contributed by atoms with E-state index in [-0.39, 0.29) is 12.1 Å². The molecule has 0 aromatic rings. The third kappa shape index (κ3) is 1.99. The molecule has 0 spiro atoms. The van der Waals surface area contributed by atoms with Crippen LogP contribution in [-0.4, -0.2) is 25.8 Å². The van der Waals surface area contributed by atoms with Gasteiger partial charge in [-0.25, -0.2) is 0 Å². The van der Waals surface area contributed by atoms with Crippen molar-refractivity contribution in [2.75, 3.05) is 13.7 Å². The molecule has 3 nitrogen and oxygen atoms in total. The van der Waals surface area contributed by atoms with Crippen LogP contribution in [0.25, 0.3) is 0 Å². The monoisotopic (exact) mass is 144 g/mol. The zero-order valence-electron chi connectivity index (χ0n) is 6.13. The number of rotatable bonds is 2. The van der Waals surface area contributed by atoms with Crippen molar-refractivity contribution in [3.05, 3.63) is 0 Å². The number of hydrogen-bond acceptors (Lipinski definition) is 3. The Labute approximate surface area is 60.3 Å². The zero-order valence-corrected chi connectivity index (χ0v) is 6.13. The Morgan fingerprint density at radius 2 is 2.60 bits per heavy atom. The Bertz CT molecular complexity index is 116. The second kappa shape index (κ2) is 3.56. The van der Waals surface area contributed by atoms with Crippen LogP contribution in [0.5, 0.6) is 0 Å². The molecular formula is C7H12O3. The summed E-state index contributed by atoms with van der Waals surface area (Å²) in [6.45, 7) is 0.793. The molecule has 58 valence electrons. The highest BCUT2D eigenvalue weighted by molar-refractivity contribution is 5.69. The van der Waals surface area contributed by atoms with E-state index in [0.717, 1.165) is 19.4 Å². The average Bonchev–Trinajstić information content (AvgIpc) is 2.40. The maximum Gasteiger partial charge on any atom is 0.308 e. The van der Waals surface area contributed by atoms with Gasteiger partial charge in [0.2, 0.25) is 0 Å². The van der Waals surface area contributed by atoms with Crippen LogP contribution >= 0.6 is 0 Å². The van der Waals surface area contributed by atoms with E-state index in [1.54, 1.807) is 0 Å². The number of ether oxygens (including phenoxy) is 2. The van der Waals surface area contributed by atoms with E-state index in [9.17, 15) is 4.79 Å². The molecule has 0 unspecified atom stereocenters. The smallest absolute Gasteiger partial charge is 0.308 e. The lowest BCUT2D eigenvalue weighted by atomic mass is 10.2. The molecule has 0 saturated carbocycles. The van der Waals surface area contributed by atoms with E-state index in [1.165, 1.54) is 7.11 Å². The molecule has 1 atom stereocenters. The van der Waals surface area contributed by atoms with Gasteiger partial charge in [-0.3, -0.25) is 4.79 Å². The van der Waals surface area contributed by atoms with E-state index >= 15 is 0 Å². The maximum atomic E-state index is 10.7. The highest BCUT2D eigenvalue weighted by Crippen LogP contribution is 2.15. The highest BCUT2D eigenvalue weighted by Gasteiger charge is 2.18. The van der Waals surface area contributed by atoms with Crippen molar-refractivity contribution in [1.29, 1.82) is 0 Å². The Kier molecular flexibility index (Phi) is 2.68. The summed E-state index contributed by atoms with van der Waals surface area (Å²) in [4.78, 5) is 10.7. The van der Waals surface area contributed by atoms with Gasteiger partial charge >= 0.3 is 5.97 Å². The molecule has 0 bridgehead atoms. The first-order chi connectivity index (χ1) is 4.83. The SMILES string of the molecule is COC(=O)C[C@H]1CCCO1. The predicted molar refractivity (Wildman–Crippen MR) is 35.6 cm³/mol. The van der Waals surface area contributed by atoms with Crippen LogP contribution < -0.4 is 0 Å². The van der Waals surface area contributed by atoms with E-state index in [1.807, 2.05) is 0 Å². The second-order valence-corrected chi connectivity index (χ2v) is 2.42. The van der Waals surface area contributed by atoms with Crippen molar-refractivity contribution in [1.82, 2.24) is 0 Å². The molecule has 0 aliphatic carbocycles. The Morgan fingerprint density at radius 3 is 3.10 bits per heavy atom. The highest BCUT2D eigenvalue weighted by atomic mass is 16.5. The van der Waals surface area contributed by atoms with Crippen LogP contribution in [0, 0.1) is 0 Å². The topological polar surface area (TPSA) is 35.5 Å². The minimum absolute atomic E-state index is 0.118. The molecule has 1 saturated heterocycles. The summed E-state index contributed by atoms with van der Waals surface area (Å²) >= 11 is 0. The van der Waals surface area contributed by atoms with E-state index in [4.69, 9.17) is 4.74 Å². The Balaban J connectivity index is 2.17. The molecule has 0 aromatic heterocycles. The zero-order chi connectivity index (χ0) is 7.40. The van der Waals surface area contributed by atoms with Gasteiger partial charge in [0, 0.05) is 6.61 Å². The summed E-state index contributed by atoms with van der Waals surface area (Å²) in [7, 11) is 1.40. The van der Waals surface area contributed by atoms with Gasteiger partial charge < -0.3 is 9.47 Å². The molecule has 0 amide bonds. The lowest BCUT2D eigenvalue weighted by molar-refractivity contribution is -0.143. The third-order valence-electron chi connectivity index (χ3n) is 1.65. The van der Waals surface area contributed by atoms with Crippen molar-refractivity contribution in [3.63, 3.8) is 0 Å². The van der Waals surface area contributed by atoms with Gasteiger partial charge in [-0.15, -0.1) is 0 Å². The summed E-state index contributed by atoms with van der Waals surface area (Å²) in [5, 5.41) is 0. The summed E-state index contributed by atoms with van der Waals surface area (Å²) < 4.78 is 9.72. The molecule has 10 heavy (non-hydrogen) atoms. The number of carbonyl (C=O) groups excluding carboxylic acids is 1. The van der Waals surface area contributed by atoms with Gasteiger partial charge in [0.15, 0.2) is 0 Å². The predicted octanol–water partition coefficient (Wildman–Crippen LogP) is 0.728. The fraction of sp³-hybridized carbons (Fsp3) is 0.857. The van der Waals surface area contributed by atoms with Gasteiger partial charge in [0.05, 0.1) is 19.6 Å². The summed E-state index contributed by atoms with van der Waals surface area (Å²) in [6.07, 6.45) is 2.60. The summed E-state index contributed by atoms with van der Waals surface area (Å²) in [6, 6.07) is 0. The first-order valence-corrected chi connectivity index (χ1v) is 3.51. The second-order valence-electron chi connectivity index (χ2n) is 2.42. The minimum atomic E-state index is -0.174. The molecule has 0 aromatic carbocycles.